The van der Waals surface area contributed by atoms with Gasteiger partial charge in [-0.05, 0) is 18.2 Å². The Hall–Kier alpha value is -2.25. The van der Waals surface area contributed by atoms with E-state index in [9.17, 15) is 12.9 Å². The number of ether oxygens (including phenoxy) is 2. The van der Waals surface area contributed by atoms with E-state index in [0.29, 0.717) is 11.4 Å². The molecule has 2 aromatic rings. The number of aromatic nitrogens is 2. The average Bonchev–Trinajstić information content (AvgIpc) is 2.45. The van der Waals surface area contributed by atoms with Gasteiger partial charge in [0.25, 0.3) is 0 Å². The van der Waals surface area contributed by atoms with Gasteiger partial charge in [-0.25, -0.2) is 4.98 Å². The highest BCUT2D eigenvalue weighted by Crippen LogP contribution is 2.18. The molecule has 0 amide bonds. The number of rotatable bonds is 5. The summed E-state index contributed by atoms with van der Waals surface area (Å²) in [7, 11) is 1.46. The summed E-state index contributed by atoms with van der Waals surface area (Å²) in [6.07, 6.45) is 3.56. The second-order valence-electron chi connectivity index (χ2n) is 3.99. The average molecular weight is 283 g/mol. The molecule has 0 unspecified atom stereocenters. The summed E-state index contributed by atoms with van der Waals surface area (Å²) >= 11 is 0. The molecule has 0 atom stereocenters. The Labute approximate surface area is 113 Å². The fourth-order valence-corrected chi connectivity index (χ4v) is 1.57. The molecule has 0 aromatic carbocycles. The van der Waals surface area contributed by atoms with E-state index in [0.717, 1.165) is 12.3 Å². The van der Waals surface area contributed by atoms with Crippen LogP contribution in [0.3, 0.4) is 0 Å². The quantitative estimate of drug-likeness (QED) is 0.788. The van der Waals surface area contributed by atoms with E-state index in [4.69, 9.17) is 9.47 Å². The van der Waals surface area contributed by atoms with Gasteiger partial charge in [0.15, 0.2) is 0 Å². The molecule has 8 heteroatoms. The molecule has 0 aliphatic heterocycles. The Morgan fingerprint density at radius 2 is 2.05 bits per heavy atom. The van der Waals surface area contributed by atoms with Gasteiger partial charge in [0, 0.05) is 12.4 Å². The lowest BCUT2D eigenvalue weighted by molar-refractivity contribution is 0.293. The molecule has 2 aromatic heterocycles. The van der Waals surface area contributed by atoms with Crippen LogP contribution in [0.25, 0.3) is 0 Å². The topological polar surface area (TPSA) is 44.2 Å². The lowest BCUT2D eigenvalue weighted by atomic mass is 9.81. The number of hydrogen-bond donors (Lipinski definition) is 0. The molecule has 0 radical (unpaired) electrons. The highest BCUT2D eigenvalue weighted by atomic mass is 19.4. The van der Waals surface area contributed by atoms with E-state index in [-0.39, 0.29) is 12.4 Å². The predicted octanol–water partition coefficient (Wildman–Crippen LogP) is 2.12. The smallest absolute Gasteiger partial charge is 0.487 e. The van der Waals surface area contributed by atoms with Crippen molar-refractivity contribution in [3.63, 3.8) is 0 Å². The third-order valence-corrected chi connectivity index (χ3v) is 2.55. The van der Waals surface area contributed by atoms with E-state index >= 15 is 0 Å². The van der Waals surface area contributed by atoms with Gasteiger partial charge >= 0.3 is 6.98 Å². The molecule has 2 heterocycles. The Kier molecular flexibility index (Phi) is 4.12. The highest BCUT2D eigenvalue weighted by Gasteiger charge is 2.26. The molecule has 0 bridgehead atoms. The predicted molar refractivity (Wildman–Crippen MR) is 68.1 cm³/mol. The summed E-state index contributed by atoms with van der Waals surface area (Å²) < 4.78 is 48.1. The molecule has 106 valence electrons. The fourth-order valence-electron chi connectivity index (χ4n) is 1.57. The summed E-state index contributed by atoms with van der Waals surface area (Å²) in [6, 6.07) is 4.33. The van der Waals surface area contributed by atoms with Crippen molar-refractivity contribution in [1.82, 2.24) is 9.97 Å². The molecular formula is C12H11BF3N2O2-. The SMILES string of the molecule is COc1ncccc1COc1cncc([B-](F)(F)F)c1. The van der Waals surface area contributed by atoms with Crippen LogP contribution in [0.2, 0.25) is 0 Å². The van der Waals surface area contributed by atoms with E-state index in [2.05, 4.69) is 9.97 Å². The number of hydrogen-bond acceptors (Lipinski definition) is 4. The highest BCUT2D eigenvalue weighted by molar-refractivity contribution is 6.73. The minimum atomic E-state index is -5.09. The van der Waals surface area contributed by atoms with Gasteiger partial charge in [-0.3, -0.25) is 4.98 Å². The van der Waals surface area contributed by atoms with Gasteiger partial charge in [0.2, 0.25) is 5.88 Å². The van der Waals surface area contributed by atoms with Crippen LogP contribution < -0.4 is 14.9 Å². The van der Waals surface area contributed by atoms with Crippen molar-refractivity contribution in [2.45, 2.75) is 6.61 Å². The molecule has 4 nitrogen and oxygen atoms in total. The molecule has 0 saturated carbocycles. The van der Waals surface area contributed by atoms with Gasteiger partial charge < -0.3 is 22.4 Å². The van der Waals surface area contributed by atoms with Crippen molar-refractivity contribution in [3.8, 4) is 11.6 Å². The lowest BCUT2D eigenvalue weighted by Crippen LogP contribution is -2.34. The lowest BCUT2D eigenvalue weighted by Gasteiger charge is -2.15. The second kappa shape index (κ2) is 5.81. The summed E-state index contributed by atoms with van der Waals surface area (Å²) in [5.41, 5.74) is -0.154. The van der Waals surface area contributed by atoms with Crippen LogP contribution in [0.15, 0.2) is 36.8 Å². The van der Waals surface area contributed by atoms with Crippen LogP contribution in [0.4, 0.5) is 12.9 Å². The fraction of sp³-hybridized carbons (Fsp3) is 0.167. The third kappa shape index (κ3) is 3.40. The van der Waals surface area contributed by atoms with Gasteiger partial charge in [-0.15, -0.1) is 0 Å². The number of halogens is 3. The van der Waals surface area contributed by atoms with Gasteiger partial charge in [-0.1, -0.05) is 5.46 Å². The van der Waals surface area contributed by atoms with E-state index < -0.39 is 12.4 Å². The van der Waals surface area contributed by atoms with E-state index in [1.165, 1.54) is 13.3 Å². The zero-order valence-electron chi connectivity index (χ0n) is 10.6. The zero-order chi connectivity index (χ0) is 14.6. The third-order valence-electron chi connectivity index (χ3n) is 2.55. The number of nitrogens with zero attached hydrogens (tertiary/aromatic N) is 2. The molecule has 0 spiro atoms. The minimum Gasteiger partial charge on any atom is -0.487 e. The minimum absolute atomic E-state index is 0.0486. The molecule has 2 rings (SSSR count). The van der Waals surface area contributed by atoms with Crippen molar-refractivity contribution >= 4 is 12.4 Å². The Morgan fingerprint density at radius 1 is 1.25 bits per heavy atom. The Morgan fingerprint density at radius 3 is 2.75 bits per heavy atom. The van der Waals surface area contributed by atoms with Gasteiger partial charge in [0.1, 0.15) is 12.4 Å². The summed E-state index contributed by atoms with van der Waals surface area (Å²) in [6.45, 7) is -5.04. The first kappa shape index (κ1) is 14.2. The maximum atomic E-state index is 12.6. The summed E-state index contributed by atoms with van der Waals surface area (Å²) in [5, 5.41) is 0. The first-order valence-electron chi connectivity index (χ1n) is 5.76. The van der Waals surface area contributed by atoms with Crippen LogP contribution in [0.1, 0.15) is 5.56 Å². The molecule has 0 saturated heterocycles. The van der Waals surface area contributed by atoms with Crippen LogP contribution in [0.5, 0.6) is 11.6 Å². The largest absolute Gasteiger partial charge is 0.511 e. The summed E-state index contributed by atoms with van der Waals surface area (Å²) in [4.78, 5) is 7.50. The normalized spacial score (nSPS) is 11.2. The van der Waals surface area contributed by atoms with Crippen molar-refractivity contribution in [2.75, 3.05) is 7.11 Å². The Balaban J connectivity index is 2.11. The van der Waals surface area contributed by atoms with Gasteiger partial charge in [-0.2, -0.15) is 0 Å². The molecule has 0 fully saturated rings. The molecular weight excluding hydrogens is 272 g/mol. The van der Waals surface area contributed by atoms with Gasteiger partial charge in [0.05, 0.1) is 18.9 Å². The first-order chi connectivity index (χ1) is 9.50. The molecule has 0 N–H and O–H groups in total. The number of methoxy groups -OCH3 is 1. The van der Waals surface area contributed by atoms with Crippen LogP contribution >= 0.6 is 0 Å². The molecule has 0 aliphatic carbocycles. The Bertz CT molecular complexity index is 593. The first-order valence-corrected chi connectivity index (χ1v) is 5.76. The monoisotopic (exact) mass is 283 g/mol. The van der Waals surface area contributed by atoms with Crippen molar-refractivity contribution in [3.05, 3.63) is 42.4 Å². The zero-order valence-corrected chi connectivity index (χ0v) is 10.6. The van der Waals surface area contributed by atoms with Crippen molar-refractivity contribution in [2.24, 2.45) is 0 Å². The van der Waals surface area contributed by atoms with Crippen molar-refractivity contribution < 1.29 is 22.4 Å². The standard InChI is InChI=1S/C12H11BF3N2O2/c1-19-12-9(3-2-4-18-12)8-20-11-5-10(6-17-7-11)13(14,15)16/h2-7H,8H2,1H3/q-1. The maximum Gasteiger partial charge on any atom is 0.511 e. The van der Waals surface area contributed by atoms with Crippen LogP contribution in [-0.2, 0) is 6.61 Å². The van der Waals surface area contributed by atoms with Crippen molar-refractivity contribution in [1.29, 1.82) is 0 Å². The molecule has 0 aliphatic rings. The number of pyridine rings is 2. The van der Waals surface area contributed by atoms with E-state index in [1.807, 2.05) is 0 Å². The maximum absolute atomic E-state index is 12.6. The van der Waals surface area contributed by atoms with Crippen LogP contribution in [-0.4, -0.2) is 24.1 Å². The van der Waals surface area contributed by atoms with E-state index in [1.54, 1.807) is 18.3 Å². The molecule has 20 heavy (non-hydrogen) atoms. The summed E-state index contributed by atoms with van der Waals surface area (Å²) in [5.74, 6) is 0.421. The van der Waals surface area contributed by atoms with Crippen LogP contribution in [0, 0.1) is 0 Å². The second-order valence-corrected chi connectivity index (χ2v) is 3.99.